The van der Waals surface area contributed by atoms with Crippen LogP contribution in [0.5, 0.6) is 0 Å². The molecule has 4 aliphatic rings. The van der Waals surface area contributed by atoms with Crippen LogP contribution in [0.3, 0.4) is 0 Å². The van der Waals surface area contributed by atoms with Gasteiger partial charge in [-0.25, -0.2) is 0 Å². The number of carbonyl (C=O) groups excluding carboxylic acids is 2. The van der Waals surface area contributed by atoms with E-state index >= 15 is 0 Å². The predicted octanol–water partition coefficient (Wildman–Crippen LogP) is 5.19. The van der Waals surface area contributed by atoms with E-state index in [4.69, 9.17) is 0 Å². The molecule has 0 aromatic rings. The van der Waals surface area contributed by atoms with E-state index in [1.54, 1.807) is 0 Å². The normalized spacial score (nSPS) is 53.9. The lowest BCUT2D eigenvalue weighted by molar-refractivity contribution is -0.170. The quantitative estimate of drug-likeness (QED) is 0.662. The van der Waals surface area contributed by atoms with Crippen molar-refractivity contribution in [3.05, 3.63) is 0 Å². The Kier molecular flexibility index (Phi) is 3.62. The number of ketones is 2. The van der Waals surface area contributed by atoms with Gasteiger partial charge in [0, 0.05) is 18.8 Å². The minimum atomic E-state index is 0.227. The van der Waals surface area contributed by atoms with Gasteiger partial charge in [0.1, 0.15) is 11.6 Å². The summed E-state index contributed by atoms with van der Waals surface area (Å²) < 4.78 is 0. The Morgan fingerprint density at radius 3 is 2.25 bits per heavy atom. The topological polar surface area (TPSA) is 34.1 Å². The van der Waals surface area contributed by atoms with E-state index in [1.165, 1.54) is 32.1 Å². The second kappa shape index (κ2) is 5.17. The first-order valence-electron chi connectivity index (χ1n) is 10.2. The van der Waals surface area contributed by atoms with Crippen LogP contribution in [0, 0.1) is 39.9 Å². The Labute approximate surface area is 147 Å². The van der Waals surface area contributed by atoms with Gasteiger partial charge in [-0.3, -0.25) is 9.59 Å². The average molecular weight is 331 g/mol. The summed E-state index contributed by atoms with van der Waals surface area (Å²) in [5.41, 5.74) is 0.962. The zero-order valence-corrected chi connectivity index (χ0v) is 16.0. The standard InChI is InChI=1S/C22H34O2/c1-14(23)17-5-6-18-21(17,3)12-9-19-20(2)11-8-16(24)13-15(20)7-10-22(18,19)4/h15,17-19H,5-13H2,1-4H3. The van der Waals surface area contributed by atoms with Gasteiger partial charge in [-0.15, -0.1) is 0 Å². The number of Topliss-reactive ketones (excluding diaryl/α,β-unsaturated/α-hetero) is 2. The van der Waals surface area contributed by atoms with Gasteiger partial charge in [-0.1, -0.05) is 20.8 Å². The van der Waals surface area contributed by atoms with Gasteiger partial charge >= 0.3 is 0 Å². The molecule has 0 N–H and O–H groups in total. The van der Waals surface area contributed by atoms with Crippen LogP contribution < -0.4 is 0 Å². The molecule has 7 atom stereocenters. The number of carbonyl (C=O) groups is 2. The van der Waals surface area contributed by atoms with Crippen LogP contribution in [-0.4, -0.2) is 11.6 Å². The fourth-order valence-corrected chi connectivity index (χ4v) is 8.39. The maximum atomic E-state index is 12.3. The zero-order valence-electron chi connectivity index (χ0n) is 16.0. The van der Waals surface area contributed by atoms with Crippen molar-refractivity contribution >= 4 is 11.6 Å². The van der Waals surface area contributed by atoms with Crippen molar-refractivity contribution in [1.29, 1.82) is 0 Å². The Bertz CT molecular complexity index is 581. The van der Waals surface area contributed by atoms with Crippen molar-refractivity contribution < 1.29 is 9.59 Å². The Balaban J connectivity index is 1.69. The molecule has 4 fully saturated rings. The van der Waals surface area contributed by atoms with E-state index in [-0.39, 0.29) is 5.41 Å². The third-order valence-corrected chi connectivity index (χ3v) is 9.57. The summed E-state index contributed by atoms with van der Waals surface area (Å²) in [4.78, 5) is 24.3. The van der Waals surface area contributed by atoms with Gasteiger partial charge in [-0.2, -0.15) is 0 Å². The van der Waals surface area contributed by atoms with Gasteiger partial charge in [-0.05, 0) is 85.9 Å². The molecule has 0 aliphatic heterocycles. The highest BCUT2D eigenvalue weighted by Crippen LogP contribution is 2.72. The first-order valence-corrected chi connectivity index (χ1v) is 10.2. The maximum Gasteiger partial charge on any atom is 0.133 e. The van der Waals surface area contributed by atoms with Crippen molar-refractivity contribution in [1.82, 2.24) is 0 Å². The van der Waals surface area contributed by atoms with Crippen molar-refractivity contribution in [3.8, 4) is 0 Å². The lowest BCUT2D eigenvalue weighted by Crippen LogP contribution is -2.58. The molecule has 0 radical (unpaired) electrons. The van der Waals surface area contributed by atoms with Gasteiger partial charge in [0.15, 0.2) is 0 Å². The van der Waals surface area contributed by atoms with Crippen molar-refractivity contribution in [2.24, 2.45) is 39.9 Å². The lowest BCUT2D eigenvalue weighted by atomic mass is 9.39. The highest BCUT2D eigenvalue weighted by molar-refractivity contribution is 5.80. The molecule has 134 valence electrons. The SMILES string of the molecule is CC(=O)C1CCC2C1(C)CCC1C3(C)CCC(=O)CC3CCC12C. The Morgan fingerprint density at radius 2 is 1.54 bits per heavy atom. The molecule has 2 nitrogen and oxygen atoms in total. The van der Waals surface area contributed by atoms with Crippen LogP contribution in [0.15, 0.2) is 0 Å². The molecule has 4 saturated carbocycles. The summed E-state index contributed by atoms with van der Waals surface area (Å²) in [6.45, 7) is 9.31. The molecule has 4 aliphatic carbocycles. The van der Waals surface area contributed by atoms with Crippen LogP contribution >= 0.6 is 0 Å². The first kappa shape index (κ1) is 16.8. The maximum absolute atomic E-state index is 12.3. The summed E-state index contributed by atoms with van der Waals surface area (Å²) in [6, 6.07) is 0. The van der Waals surface area contributed by atoms with Crippen LogP contribution in [0.1, 0.15) is 85.5 Å². The predicted molar refractivity (Wildman–Crippen MR) is 95.5 cm³/mol. The smallest absolute Gasteiger partial charge is 0.133 e. The molecule has 2 heteroatoms. The second-order valence-electron chi connectivity index (χ2n) is 10.4. The second-order valence-corrected chi connectivity index (χ2v) is 10.4. The summed E-state index contributed by atoms with van der Waals surface area (Å²) >= 11 is 0. The monoisotopic (exact) mass is 330 g/mol. The molecule has 0 heterocycles. The van der Waals surface area contributed by atoms with Crippen LogP contribution in [0.2, 0.25) is 0 Å². The minimum absolute atomic E-state index is 0.227. The molecule has 0 aromatic heterocycles. The van der Waals surface area contributed by atoms with E-state index in [0.29, 0.717) is 40.2 Å². The van der Waals surface area contributed by atoms with Gasteiger partial charge in [0.05, 0.1) is 0 Å². The molecule has 4 rings (SSSR count). The molecule has 0 saturated heterocycles. The summed E-state index contributed by atoms with van der Waals surface area (Å²) in [5.74, 6) is 3.28. The molecule has 0 amide bonds. The van der Waals surface area contributed by atoms with E-state index in [1.807, 2.05) is 6.92 Å². The number of fused-ring (bicyclic) bond motifs is 5. The average Bonchev–Trinajstić information content (AvgIpc) is 2.87. The third-order valence-electron chi connectivity index (χ3n) is 9.57. The van der Waals surface area contributed by atoms with Gasteiger partial charge < -0.3 is 0 Å². The van der Waals surface area contributed by atoms with Gasteiger partial charge in [0.2, 0.25) is 0 Å². The minimum Gasteiger partial charge on any atom is -0.300 e. The highest BCUT2D eigenvalue weighted by atomic mass is 16.1. The first-order chi connectivity index (χ1) is 11.2. The Hall–Kier alpha value is -0.660. The summed E-state index contributed by atoms with van der Waals surface area (Å²) in [6.07, 6.45) is 10.1. The molecule has 7 unspecified atom stereocenters. The van der Waals surface area contributed by atoms with Crippen molar-refractivity contribution in [2.75, 3.05) is 0 Å². The fourth-order valence-electron chi connectivity index (χ4n) is 8.39. The summed E-state index contributed by atoms with van der Waals surface area (Å²) in [5, 5.41) is 0. The molecular formula is C22H34O2. The molecule has 0 bridgehead atoms. The van der Waals surface area contributed by atoms with Crippen molar-refractivity contribution in [2.45, 2.75) is 85.5 Å². The highest BCUT2D eigenvalue weighted by Gasteiger charge is 2.65. The third kappa shape index (κ3) is 2.01. The molecule has 0 aromatic carbocycles. The fraction of sp³-hybridized carbons (Fsp3) is 0.909. The lowest BCUT2D eigenvalue weighted by Gasteiger charge is -2.65. The number of hydrogen-bond acceptors (Lipinski definition) is 2. The van der Waals surface area contributed by atoms with E-state index < -0.39 is 0 Å². The zero-order chi connectivity index (χ0) is 17.3. The van der Waals surface area contributed by atoms with E-state index in [2.05, 4.69) is 20.8 Å². The van der Waals surface area contributed by atoms with Crippen LogP contribution in [0.4, 0.5) is 0 Å². The summed E-state index contributed by atoms with van der Waals surface area (Å²) in [7, 11) is 0. The van der Waals surface area contributed by atoms with Crippen LogP contribution in [0.25, 0.3) is 0 Å². The number of rotatable bonds is 1. The largest absolute Gasteiger partial charge is 0.300 e. The molecule has 0 spiro atoms. The molecule has 24 heavy (non-hydrogen) atoms. The van der Waals surface area contributed by atoms with E-state index in [0.717, 1.165) is 31.6 Å². The van der Waals surface area contributed by atoms with Crippen molar-refractivity contribution in [3.63, 3.8) is 0 Å². The molecular weight excluding hydrogens is 296 g/mol. The van der Waals surface area contributed by atoms with Gasteiger partial charge in [0.25, 0.3) is 0 Å². The number of hydrogen-bond donors (Lipinski definition) is 0. The Morgan fingerprint density at radius 1 is 0.875 bits per heavy atom. The van der Waals surface area contributed by atoms with E-state index in [9.17, 15) is 9.59 Å². The van der Waals surface area contributed by atoms with Crippen LogP contribution in [-0.2, 0) is 9.59 Å².